The van der Waals surface area contributed by atoms with Crippen molar-refractivity contribution in [1.29, 1.82) is 0 Å². The van der Waals surface area contributed by atoms with Gasteiger partial charge in [-0.05, 0) is 43.0 Å². The Bertz CT molecular complexity index is 515. The number of hydrogen-bond acceptors (Lipinski definition) is 3. The fraction of sp³-hybridized carbons (Fsp3) is 0.529. The standard InChI is InChI=1S/C17H23NO2/c1-13-9-16(13)12-18(2)11-14-6-7-17(20-3)15(10-14)5-4-8-19/h6-7,10,13,16,19H,8-9,11-12H2,1-3H3. The highest BCUT2D eigenvalue weighted by atomic mass is 16.5. The third-order valence-electron chi connectivity index (χ3n) is 3.84. The van der Waals surface area contributed by atoms with Gasteiger partial charge in [0.05, 0.1) is 12.7 Å². The average Bonchev–Trinajstić information content (AvgIpc) is 3.11. The zero-order chi connectivity index (χ0) is 14.5. The van der Waals surface area contributed by atoms with Crippen LogP contribution >= 0.6 is 0 Å². The molecule has 1 aliphatic rings. The Hall–Kier alpha value is -1.50. The smallest absolute Gasteiger partial charge is 0.134 e. The number of aliphatic hydroxyl groups excluding tert-OH is 1. The molecule has 1 fully saturated rings. The van der Waals surface area contributed by atoms with Crippen molar-refractivity contribution in [3.8, 4) is 17.6 Å². The van der Waals surface area contributed by atoms with E-state index in [1.54, 1.807) is 7.11 Å². The van der Waals surface area contributed by atoms with Gasteiger partial charge in [0.25, 0.3) is 0 Å². The summed E-state index contributed by atoms with van der Waals surface area (Å²) in [5.41, 5.74) is 2.07. The number of hydrogen-bond donors (Lipinski definition) is 1. The number of aliphatic hydroxyl groups is 1. The molecule has 1 aromatic carbocycles. The maximum atomic E-state index is 8.81. The predicted octanol–water partition coefficient (Wildman–Crippen LogP) is 2.13. The molecule has 0 bridgehead atoms. The van der Waals surface area contributed by atoms with Gasteiger partial charge in [-0.15, -0.1) is 0 Å². The number of ether oxygens (including phenoxy) is 1. The molecule has 0 amide bonds. The monoisotopic (exact) mass is 273 g/mol. The third-order valence-corrected chi connectivity index (χ3v) is 3.84. The lowest BCUT2D eigenvalue weighted by Crippen LogP contribution is -2.20. The molecule has 2 rings (SSSR count). The van der Waals surface area contributed by atoms with Crippen LogP contribution in [0.25, 0.3) is 0 Å². The SMILES string of the molecule is COc1ccc(CN(C)CC2CC2C)cc1C#CCO. The van der Waals surface area contributed by atoms with Crippen LogP contribution in [0.3, 0.4) is 0 Å². The van der Waals surface area contributed by atoms with Crippen molar-refractivity contribution < 1.29 is 9.84 Å². The Morgan fingerprint density at radius 3 is 2.80 bits per heavy atom. The van der Waals surface area contributed by atoms with E-state index in [4.69, 9.17) is 9.84 Å². The molecule has 2 unspecified atom stereocenters. The van der Waals surface area contributed by atoms with Gasteiger partial charge >= 0.3 is 0 Å². The van der Waals surface area contributed by atoms with Crippen molar-refractivity contribution in [2.45, 2.75) is 19.9 Å². The van der Waals surface area contributed by atoms with E-state index in [0.29, 0.717) is 0 Å². The van der Waals surface area contributed by atoms with Crippen molar-refractivity contribution in [3.05, 3.63) is 29.3 Å². The molecule has 108 valence electrons. The molecule has 0 spiro atoms. The lowest BCUT2D eigenvalue weighted by atomic mass is 10.1. The first-order chi connectivity index (χ1) is 9.63. The van der Waals surface area contributed by atoms with E-state index in [-0.39, 0.29) is 6.61 Å². The van der Waals surface area contributed by atoms with Crippen molar-refractivity contribution in [2.75, 3.05) is 27.3 Å². The van der Waals surface area contributed by atoms with Gasteiger partial charge in [0.15, 0.2) is 0 Å². The summed E-state index contributed by atoms with van der Waals surface area (Å²) in [5.74, 6) is 8.14. The molecule has 1 N–H and O–H groups in total. The molecule has 1 aromatic rings. The second-order valence-electron chi connectivity index (χ2n) is 5.66. The summed E-state index contributed by atoms with van der Waals surface area (Å²) in [7, 11) is 3.80. The molecule has 0 aromatic heterocycles. The minimum Gasteiger partial charge on any atom is -0.495 e. The van der Waals surface area contributed by atoms with Crippen LogP contribution in [0.2, 0.25) is 0 Å². The van der Waals surface area contributed by atoms with Gasteiger partial charge in [0.1, 0.15) is 12.4 Å². The molecule has 3 nitrogen and oxygen atoms in total. The van der Waals surface area contributed by atoms with Crippen LogP contribution in [0.1, 0.15) is 24.5 Å². The van der Waals surface area contributed by atoms with Gasteiger partial charge in [0.2, 0.25) is 0 Å². The Balaban J connectivity index is 2.03. The van der Waals surface area contributed by atoms with Crippen LogP contribution < -0.4 is 4.74 Å². The van der Waals surface area contributed by atoms with E-state index in [1.807, 2.05) is 12.1 Å². The van der Waals surface area contributed by atoms with Gasteiger partial charge in [-0.2, -0.15) is 0 Å². The fourth-order valence-electron chi connectivity index (χ4n) is 2.52. The average molecular weight is 273 g/mol. The quantitative estimate of drug-likeness (QED) is 0.834. The van der Waals surface area contributed by atoms with Gasteiger partial charge in [-0.25, -0.2) is 0 Å². The highest BCUT2D eigenvalue weighted by molar-refractivity contribution is 5.48. The summed E-state index contributed by atoms with van der Waals surface area (Å²) < 4.78 is 5.29. The first kappa shape index (κ1) is 14.9. The summed E-state index contributed by atoms with van der Waals surface area (Å²) >= 11 is 0. The molecular weight excluding hydrogens is 250 g/mol. The summed E-state index contributed by atoms with van der Waals surface area (Å²) in [6.45, 7) is 4.26. The number of benzene rings is 1. The Morgan fingerprint density at radius 1 is 1.45 bits per heavy atom. The molecule has 0 aliphatic heterocycles. The molecular formula is C17H23NO2. The van der Waals surface area contributed by atoms with Crippen molar-refractivity contribution in [1.82, 2.24) is 4.90 Å². The molecule has 0 heterocycles. The van der Waals surface area contributed by atoms with Gasteiger partial charge in [0, 0.05) is 13.1 Å². The highest BCUT2D eigenvalue weighted by Crippen LogP contribution is 2.38. The maximum absolute atomic E-state index is 8.81. The van der Waals surface area contributed by atoms with E-state index in [9.17, 15) is 0 Å². The summed E-state index contributed by atoms with van der Waals surface area (Å²) in [6.07, 6.45) is 1.36. The Morgan fingerprint density at radius 2 is 2.20 bits per heavy atom. The topological polar surface area (TPSA) is 32.7 Å². The van der Waals surface area contributed by atoms with E-state index in [0.717, 1.165) is 36.2 Å². The van der Waals surface area contributed by atoms with Crippen molar-refractivity contribution in [3.63, 3.8) is 0 Å². The van der Waals surface area contributed by atoms with E-state index in [2.05, 4.69) is 36.8 Å². The Kier molecular flexibility index (Phi) is 5.05. The van der Waals surface area contributed by atoms with Crippen LogP contribution in [-0.4, -0.2) is 37.3 Å². The van der Waals surface area contributed by atoms with Gasteiger partial charge in [-0.3, -0.25) is 0 Å². The van der Waals surface area contributed by atoms with Crippen LogP contribution in [-0.2, 0) is 6.54 Å². The minimum atomic E-state index is -0.132. The van der Waals surface area contributed by atoms with E-state index >= 15 is 0 Å². The maximum Gasteiger partial charge on any atom is 0.134 e. The van der Waals surface area contributed by atoms with Crippen LogP contribution in [0.5, 0.6) is 5.75 Å². The zero-order valence-corrected chi connectivity index (χ0v) is 12.5. The molecule has 0 radical (unpaired) electrons. The second-order valence-corrected chi connectivity index (χ2v) is 5.66. The van der Waals surface area contributed by atoms with E-state index < -0.39 is 0 Å². The minimum absolute atomic E-state index is 0.132. The molecule has 20 heavy (non-hydrogen) atoms. The van der Waals surface area contributed by atoms with Crippen LogP contribution in [0.4, 0.5) is 0 Å². The predicted molar refractivity (Wildman–Crippen MR) is 80.6 cm³/mol. The normalized spacial score (nSPS) is 20.4. The molecule has 3 heteroatoms. The molecule has 1 saturated carbocycles. The van der Waals surface area contributed by atoms with E-state index in [1.165, 1.54) is 12.0 Å². The second kappa shape index (κ2) is 6.78. The highest BCUT2D eigenvalue weighted by Gasteiger charge is 2.32. The zero-order valence-electron chi connectivity index (χ0n) is 12.5. The third kappa shape index (κ3) is 4.00. The van der Waals surface area contributed by atoms with Crippen LogP contribution in [0.15, 0.2) is 18.2 Å². The lowest BCUT2D eigenvalue weighted by molar-refractivity contribution is 0.307. The number of methoxy groups -OCH3 is 1. The first-order valence-electron chi connectivity index (χ1n) is 7.09. The summed E-state index contributed by atoms with van der Waals surface area (Å²) in [6, 6.07) is 6.08. The van der Waals surface area contributed by atoms with Crippen molar-refractivity contribution in [2.24, 2.45) is 11.8 Å². The lowest BCUT2D eigenvalue weighted by Gasteiger charge is -2.17. The van der Waals surface area contributed by atoms with Gasteiger partial charge < -0.3 is 14.7 Å². The Labute approximate surface area is 121 Å². The van der Waals surface area contributed by atoms with Crippen LogP contribution in [0, 0.1) is 23.7 Å². The van der Waals surface area contributed by atoms with Gasteiger partial charge in [-0.1, -0.05) is 24.8 Å². The summed E-state index contributed by atoms with van der Waals surface area (Å²) in [4.78, 5) is 2.36. The molecule has 0 saturated heterocycles. The first-order valence-corrected chi connectivity index (χ1v) is 7.09. The molecule has 1 aliphatic carbocycles. The number of rotatable bonds is 5. The largest absolute Gasteiger partial charge is 0.495 e. The van der Waals surface area contributed by atoms with Crippen molar-refractivity contribution >= 4 is 0 Å². The number of nitrogens with zero attached hydrogens (tertiary/aromatic N) is 1. The summed E-state index contributed by atoms with van der Waals surface area (Å²) in [5, 5.41) is 8.81. The fourth-order valence-corrected chi connectivity index (χ4v) is 2.52. The molecule has 2 atom stereocenters.